The van der Waals surface area contributed by atoms with Gasteiger partial charge in [0.2, 0.25) is 23.6 Å². The number of carbonyl (C=O) groups is 3. The Hall–Kier alpha value is -6.67. The molecule has 7 aromatic rings. The molecule has 5 atom stereocenters. The minimum Gasteiger partial charge on any atom is -0.475 e. The molecule has 0 unspecified atom stereocenters. The van der Waals surface area contributed by atoms with Crippen molar-refractivity contribution in [2.75, 3.05) is 32.9 Å². The Labute approximate surface area is 462 Å². The molecule has 402 valence electrons. The number of amides is 3. The zero-order chi connectivity index (χ0) is 54.5. The number of ether oxygens (including phenoxy) is 2. The number of nitrogens with zero attached hydrogens (tertiary/aromatic N) is 7. The third-order valence-electron chi connectivity index (χ3n) is 14.1. The highest BCUT2D eigenvalue weighted by atomic mass is 35.5. The van der Waals surface area contributed by atoms with Crippen molar-refractivity contribution in [3.8, 4) is 32.4 Å². The number of aliphatic hydroxyl groups excluding tert-OH is 1. The van der Waals surface area contributed by atoms with E-state index in [-0.39, 0.29) is 56.7 Å². The third kappa shape index (κ3) is 12.9. The van der Waals surface area contributed by atoms with E-state index in [9.17, 15) is 19.5 Å². The second kappa shape index (κ2) is 23.9. The van der Waals surface area contributed by atoms with Gasteiger partial charge in [0.05, 0.1) is 47.0 Å². The molecule has 0 aliphatic carbocycles. The number of aliphatic imine (C=N–C) groups is 1. The molecule has 3 amide bonds. The van der Waals surface area contributed by atoms with E-state index in [2.05, 4.69) is 74.2 Å². The van der Waals surface area contributed by atoms with Gasteiger partial charge in [-0.15, -0.1) is 32.9 Å². The van der Waals surface area contributed by atoms with Crippen molar-refractivity contribution in [3.05, 3.63) is 152 Å². The monoisotopic (exact) mass is 1100 g/mol. The number of aromatic nitrogens is 5. The molecule has 77 heavy (non-hydrogen) atoms. The lowest BCUT2D eigenvalue weighted by atomic mass is 9.85. The van der Waals surface area contributed by atoms with Crippen LogP contribution in [0.15, 0.2) is 102 Å². The molecule has 6 heterocycles. The normalized spacial score (nSPS) is 17.0. The number of pyridine rings is 1. The summed E-state index contributed by atoms with van der Waals surface area (Å²) in [4.78, 5) is 59.2. The summed E-state index contributed by atoms with van der Waals surface area (Å²) in [6.45, 7) is 17.1. The second-order valence-corrected chi connectivity index (χ2v) is 23.3. The largest absolute Gasteiger partial charge is 0.475 e. The molecule has 4 N–H and O–H groups in total. The number of hydrogen-bond acceptors (Lipinski definition) is 14. The summed E-state index contributed by atoms with van der Waals surface area (Å²) >= 11 is 9.58. The zero-order valence-electron chi connectivity index (χ0n) is 44.6. The van der Waals surface area contributed by atoms with Gasteiger partial charge in [-0.25, -0.2) is 9.97 Å². The summed E-state index contributed by atoms with van der Waals surface area (Å²) in [5.41, 5.74) is 11.1. The number of halogens is 1. The van der Waals surface area contributed by atoms with E-state index in [1.807, 2.05) is 112 Å². The predicted molar refractivity (Wildman–Crippen MR) is 302 cm³/mol. The number of thiazole rings is 1. The van der Waals surface area contributed by atoms with Crippen molar-refractivity contribution in [1.29, 1.82) is 0 Å². The number of aliphatic hydroxyl groups is 1. The molecule has 19 heteroatoms. The highest BCUT2D eigenvalue weighted by molar-refractivity contribution is 7.15. The van der Waals surface area contributed by atoms with Crippen LogP contribution in [-0.2, 0) is 25.7 Å². The molecule has 9 rings (SSSR count). The lowest BCUT2D eigenvalue weighted by molar-refractivity contribution is -0.141. The molecule has 2 aliphatic heterocycles. The number of thiophene rings is 1. The summed E-state index contributed by atoms with van der Waals surface area (Å²) in [5.74, 6) is 0.897. The standard InChI is InChI=1S/C58H65ClN10O6S2/c1-33-36(4)77-57-51(33)52(41-17-19-44(59)20-18-41)64-47(55-67-66-37(5)69(55)57)27-48(71)63-34(2)39-13-15-40(16-14-39)43-21-22-61-50(25-43)75-24-23-74-31-49(72)65-54(58(6,7)8)56(73)68-30-46(70)26-45(68)29-60-28-38-9-11-42(12-10-38)53-35(3)62-32-76-53/h9-22,25,32,34,45-47,54,60,70H,23-24,26-31H2,1-8H3,(H,63,71)(H,65,72)/t34-,45+,46-,47+,54-/m1/s1. The van der Waals surface area contributed by atoms with Crippen molar-refractivity contribution in [1.82, 2.24) is 45.6 Å². The molecule has 0 saturated carbocycles. The first-order valence-corrected chi connectivity index (χ1v) is 27.9. The van der Waals surface area contributed by atoms with Crippen LogP contribution in [0.1, 0.15) is 103 Å². The molecule has 0 spiro atoms. The molecular formula is C58H65ClN10O6S2. The first kappa shape index (κ1) is 55.1. The quantitative estimate of drug-likeness (QED) is 0.0563. The summed E-state index contributed by atoms with van der Waals surface area (Å²) in [6, 6.07) is 25.7. The lowest BCUT2D eigenvalue weighted by Gasteiger charge is -2.35. The Morgan fingerprint density at radius 1 is 0.870 bits per heavy atom. The van der Waals surface area contributed by atoms with Crippen LogP contribution >= 0.6 is 34.3 Å². The maximum atomic E-state index is 14.1. The number of likely N-dealkylation sites (tertiary alicyclic amines) is 1. The number of β-amino-alcohol motifs (C(OH)–C–C–N with tert-alkyl or cyclic N) is 1. The van der Waals surface area contributed by atoms with Crippen LogP contribution in [0.2, 0.25) is 5.02 Å². The predicted octanol–water partition coefficient (Wildman–Crippen LogP) is 9.24. The zero-order valence-corrected chi connectivity index (χ0v) is 47.0. The molecule has 16 nitrogen and oxygen atoms in total. The number of carbonyl (C=O) groups excluding carboxylic acids is 3. The van der Waals surface area contributed by atoms with E-state index >= 15 is 0 Å². The molecule has 1 saturated heterocycles. The fraction of sp³-hybridized carbons (Fsp3) is 0.379. The summed E-state index contributed by atoms with van der Waals surface area (Å²) < 4.78 is 13.7. The average molecular weight is 1100 g/mol. The van der Waals surface area contributed by atoms with Crippen LogP contribution in [0.25, 0.3) is 26.6 Å². The van der Waals surface area contributed by atoms with Crippen molar-refractivity contribution in [2.24, 2.45) is 10.4 Å². The van der Waals surface area contributed by atoms with Gasteiger partial charge in [0.15, 0.2) is 5.82 Å². The van der Waals surface area contributed by atoms with E-state index in [0.29, 0.717) is 36.2 Å². The number of hydrogen-bond donors (Lipinski definition) is 4. The first-order chi connectivity index (χ1) is 36.9. The van der Waals surface area contributed by atoms with Crippen LogP contribution in [0, 0.1) is 33.1 Å². The van der Waals surface area contributed by atoms with Gasteiger partial charge in [-0.1, -0.05) is 93.0 Å². The lowest BCUT2D eigenvalue weighted by Crippen LogP contribution is -2.57. The van der Waals surface area contributed by atoms with Gasteiger partial charge in [0.1, 0.15) is 36.1 Å². The summed E-state index contributed by atoms with van der Waals surface area (Å²) in [6.07, 6.45) is 1.52. The van der Waals surface area contributed by atoms with Crippen LogP contribution < -0.4 is 20.7 Å². The number of nitrogens with one attached hydrogen (secondary N) is 3. The SMILES string of the molecule is Cc1ncsc1-c1ccc(CNC[C@@H]2C[C@@H](O)CN2C(=O)[C@@H](NC(=O)COCCOc2cc(-c3ccc([C@@H](C)NC(=O)C[C@@H]4N=C(c5ccc(Cl)cc5)c5c(sc(C)c5C)-n5c(C)nnc54)cc3)ccn2)C(C)(C)C)cc1. The third-order valence-corrected chi connectivity index (χ3v) is 16.5. The second-order valence-electron chi connectivity index (χ2n) is 20.8. The molecule has 1 fully saturated rings. The maximum absolute atomic E-state index is 14.1. The minimum atomic E-state index is -0.838. The van der Waals surface area contributed by atoms with Crippen molar-refractivity contribution >= 4 is 57.7 Å². The van der Waals surface area contributed by atoms with Gasteiger partial charge in [-0.2, -0.15) is 0 Å². The van der Waals surface area contributed by atoms with Crippen molar-refractivity contribution < 1.29 is 29.0 Å². The molecule has 4 aromatic heterocycles. The van der Waals surface area contributed by atoms with E-state index in [1.54, 1.807) is 33.8 Å². The summed E-state index contributed by atoms with van der Waals surface area (Å²) in [7, 11) is 0. The van der Waals surface area contributed by atoms with E-state index in [0.717, 1.165) is 71.6 Å². The van der Waals surface area contributed by atoms with Gasteiger partial charge >= 0.3 is 0 Å². The number of benzene rings is 3. The smallest absolute Gasteiger partial charge is 0.246 e. The number of rotatable bonds is 19. The first-order valence-electron chi connectivity index (χ1n) is 25.8. The topological polar surface area (TPSA) is 198 Å². The van der Waals surface area contributed by atoms with Gasteiger partial charge in [0, 0.05) is 59.0 Å². The Morgan fingerprint density at radius 2 is 1.60 bits per heavy atom. The number of fused-ring (bicyclic) bond motifs is 3. The van der Waals surface area contributed by atoms with Gasteiger partial charge in [-0.05, 0) is 98.0 Å². The van der Waals surface area contributed by atoms with Crippen LogP contribution in [0.3, 0.4) is 0 Å². The van der Waals surface area contributed by atoms with Gasteiger partial charge in [0.25, 0.3) is 0 Å². The van der Waals surface area contributed by atoms with Gasteiger partial charge in [-0.3, -0.25) is 23.9 Å². The average Bonchev–Trinajstić information content (AvgIpc) is 4.18. The fourth-order valence-corrected chi connectivity index (χ4v) is 12.0. The van der Waals surface area contributed by atoms with E-state index in [1.165, 1.54) is 4.88 Å². The fourth-order valence-electron chi connectivity index (χ4n) is 9.80. The molecule has 3 aromatic carbocycles. The highest BCUT2D eigenvalue weighted by Crippen LogP contribution is 2.40. The van der Waals surface area contributed by atoms with Crippen molar-refractivity contribution in [3.63, 3.8) is 0 Å². The Bertz CT molecular complexity index is 3260. The minimum absolute atomic E-state index is 0.0684. The Morgan fingerprint density at radius 3 is 2.31 bits per heavy atom. The molecule has 0 bridgehead atoms. The van der Waals surface area contributed by atoms with E-state index in [4.69, 9.17) is 26.1 Å². The maximum Gasteiger partial charge on any atom is 0.246 e. The van der Waals surface area contributed by atoms with Gasteiger partial charge < -0.3 is 35.4 Å². The summed E-state index contributed by atoms with van der Waals surface area (Å²) in [5, 5.41) is 30.8. The Balaban J connectivity index is 0.741. The van der Waals surface area contributed by atoms with Crippen LogP contribution in [-0.4, -0.2) is 109 Å². The van der Waals surface area contributed by atoms with Crippen molar-refractivity contribution in [2.45, 2.75) is 105 Å². The molecule has 2 aliphatic rings. The van der Waals surface area contributed by atoms with Crippen LogP contribution in [0.4, 0.5) is 0 Å². The Kier molecular flexibility index (Phi) is 17.1. The highest BCUT2D eigenvalue weighted by Gasteiger charge is 2.42. The molecule has 0 radical (unpaired) electrons. The molecular weight excluding hydrogens is 1030 g/mol. The van der Waals surface area contributed by atoms with E-state index < -0.39 is 29.5 Å². The number of aryl methyl sites for hydroxylation is 3. The van der Waals surface area contributed by atoms with Crippen LogP contribution in [0.5, 0.6) is 5.88 Å².